The predicted octanol–water partition coefficient (Wildman–Crippen LogP) is 4.28. The molecule has 3 aromatic rings. The van der Waals surface area contributed by atoms with Gasteiger partial charge in [-0.15, -0.1) is 0 Å². The van der Waals surface area contributed by atoms with Crippen LogP contribution in [0.5, 0.6) is 5.75 Å². The van der Waals surface area contributed by atoms with Gasteiger partial charge in [0.1, 0.15) is 12.4 Å². The molecule has 0 amide bonds. The number of rotatable bonds is 9. The van der Waals surface area contributed by atoms with E-state index in [-0.39, 0.29) is 5.78 Å². The second-order valence-corrected chi connectivity index (χ2v) is 6.10. The number of nitrogens with one attached hydrogen (secondary N) is 1. The molecule has 3 aromatic carbocycles. The predicted molar refractivity (Wildman–Crippen MR) is 105 cm³/mol. The Bertz CT molecular complexity index is 816. The van der Waals surface area contributed by atoms with E-state index in [1.165, 1.54) is 0 Å². The van der Waals surface area contributed by atoms with E-state index in [2.05, 4.69) is 23.5 Å². The third kappa shape index (κ3) is 5.30. The van der Waals surface area contributed by atoms with E-state index in [0.717, 1.165) is 35.4 Å². The van der Waals surface area contributed by atoms with Gasteiger partial charge in [0.15, 0.2) is 5.78 Å². The molecule has 1 N–H and O–H groups in total. The Hall–Kier alpha value is -2.91. The molecule has 0 heterocycles. The first-order valence-electron chi connectivity index (χ1n) is 8.86. The molecular formula is C23H23NO2. The maximum atomic E-state index is 12.1. The lowest BCUT2D eigenvalue weighted by Gasteiger charge is -2.12. The number of ketones is 1. The van der Waals surface area contributed by atoms with E-state index in [0.29, 0.717) is 13.2 Å². The van der Waals surface area contributed by atoms with Crippen LogP contribution in [0, 0.1) is 0 Å². The van der Waals surface area contributed by atoms with Crippen molar-refractivity contribution in [2.45, 2.75) is 13.0 Å². The minimum absolute atomic E-state index is 0.110. The highest BCUT2D eigenvalue weighted by Gasteiger charge is 2.06. The highest BCUT2D eigenvalue weighted by Crippen LogP contribution is 2.19. The summed E-state index contributed by atoms with van der Waals surface area (Å²) in [6, 6.07) is 27.6. The lowest BCUT2D eigenvalue weighted by Crippen LogP contribution is -2.25. The molecule has 0 spiro atoms. The summed E-state index contributed by atoms with van der Waals surface area (Å²) in [7, 11) is 0. The van der Waals surface area contributed by atoms with E-state index in [1.807, 2.05) is 66.7 Å². The average Bonchev–Trinajstić information content (AvgIpc) is 2.71. The number of carbonyl (C=O) groups is 1. The molecule has 0 saturated heterocycles. The van der Waals surface area contributed by atoms with Gasteiger partial charge in [-0.1, -0.05) is 78.9 Å². The Labute approximate surface area is 154 Å². The van der Waals surface area contributed by atoms with E-state index >= 15 is 0 Å². The van der Waals surface area contributed by atoms with Gasteiger partial charge < -0.3 is 10.1 Å². The fraction of sp³-hybridized carbons (Fsp3) is 0.174. The van der Waals surface area contributed by atoms with E-state index in [1.54, 1.807) is 0 Å². The summed E-state index contributed by atoms with van der Waals surface area (Å²) >= 11 is 0. The van der Waals surface area contributed by atoms with Gasteiger partial charge >= 0.3 is 0 Å². The first-order chi connectivity index (χ1) is 12.8. The molecule has 0 fully saturated rings. The number of ether oxygens (including phenoxy) is 1. The van der Waals surface area contributed by atoms with Crippen LogP contribution in [0.25, 0.3) is 0 Å². The van der Waals surface area contributed by atoms with Crippen molar-refractivity contribution in [3.63, 3.8) is 0 Å². The lowest BCUT2D eigenvalue weighted by molar-refractivity contribution is 0.0991. The van der Waals surface area contributed by atoms with Crippen LogP contribution < -0.4 is 10.1 Å². The molecule has 0 aliphatic heterocycles. The van der Waals surface area contributed by atoms with E-state index in [9.17, 15) is 4.79 Å². The molecule has 3 nitrogen and oxygen atoms in total. The fourth-order valence-corrected chi connectivity index (χ4v) is 2.74. The first kappa shape index (κ1) is 17.9. The largest absolute Gasteiger partial charge is 0.489 e. The Morgan fingerprint density at radius 1 is 0.808 bits per heavy atom. The van der Waals surface area contributed by atoms with Crippen molar-refractivity contribution >= 4 is 5.78 Å². The summed E-state index contributed by atoms with van der Waals surface area (Å²) in [5.41, 5.74) is 3.03. The summed E-state index contributed by atoms with van der Waals surface area (Å²) in [6.45, 7) is 1.62. The highest BCUT2D eigenvalue weighted by atomic mass is 16.5. The van der Waals surface area contributed by atoms with Gasteiger partial charge in [-0.2, -0.15) is 0 Å². The maximum Gasteiger partial charge on any atom is 0.176 e. The first-order valence-corrected chi connectivity index (χ1v) is 8.86. The molecule has 0 radical (unpaired) electrons. The quantitative estimate of drug-likeness (QED) is 0.465. The third-order valence-electron chi connectivity index (χ3n) is 4.16. The van der Waals surface area contributed by atoms with Gasteiger partial charge in [0.05, 0.1) is 6.54 Å². The van der Waals surface area contributed by atoms with Crippen molar-refractivity contribution in [3.05, 3.63) is 102 Å². The summed E-state index contributed by atoms with van der Waals surface area (Å²) in [5.74, 6) is 1.01. The standard InChI is InChI=1S/C23H23NO2/c25-22(20-11-5-2-6-12-20)17-24-16-15-21-13-7-8-14-23(21)26-18-19-9-3-1-4-10-19/h1-14,24H,15-18H2. The molecule has 0 atom stereocenters. The zero-order chi connectivity index (χ0) is 18.0. The minimum Gasteiger partial charge on any atom is -0.489 e. The SMILES string of the molecule is O=C(CNCCc1ccccc1OCc1ccccc1)c1ccccc1. The van der Waals surface area contributed by atoms with Crippen molar-refractivity contribution in [1.29, 1.82) is 0 Å². The van der Waals surface area contributed by atoms with Crippen LogP contribution in [0.1, 0.15) is 21.5 Å². The topological polar surface area (TPSA) is 38.3 Å². The molecule has 0 unspecified atom stereocenters. The van der Waals surface area contributed by atoms with Crippen molar-refractivity contribution in [2.24, 2.45) is 0 Å². The fourth-order valence-electron chi connectivity index (χ4n) is 2.74. The smallest absolute Gasteiger partial charge is 0.176 e. The molecule has 0 aliphatic rings. The molecule has 0 saturated carbocycles. The van der Waals surface area contributed by atoms with Crippen LogP contribution in [0.2, 0.25) is 0 Å². The molecule has 3 heteroatoms. The van der Waals surface area contributed by atoms with Gasteiger partial charge in [0.2, 0.25) is 0 Å². The normalized spacial score (nSPS) is 10.5. The Kier molecular flexibility index (Phi) is 6.57. The highest BCUT2D eigenvalue weighted by molar-refractivity contribution is 5.97. The summed E-state index contributed by atoms with van der Waals surface area (Å²) in [4.78, 5) is 12.1. The number of hydrogen-bond acceptors (Lipinski definition) is 3. The van der Waals surface area contributed by atoms with Crippen LogP contribution in [0.3, 0.4) is 0 Å². The van der Waals surface area contributed by atoms with Gasteiger partial charge in [0.25, 0.3) is 0 Å². The third-order valence-corrected chi connectivity index (χ3v) is 4.16. The monoisotopic (exact) mass is 345 g/mol. The van der Waals surface area contributed by atoms with E-state index < -0.39 is 0 Å². The molecule has 132 valence electrons. The summed E-state index contributed by atoms with van der Waals surface area (Å²) in [5, 5.41) is 3.23. The van der Waals surface area contributed by atoms with Gasteiger partial charge in [0, 0.05) is 5.56 Å². The Morgan fingerprint density at radius 2 is 1.46 bits per heavy atom. The zero-order valence-corrected chi connectivity index (χ0v) is 14.7. The summed E-state index contributed by atoms with van der Waals surface area (Å²) in [6.07, 6.45) is 0.813. The van der Waals surface area contributed by atoms with Crippen molar-refractivity contribution < 1.29 is 9.53 Å². The second kappa shape index (κ2) is 9.54. The number of Topliss-reactive ketones (excluding diaryl/α,β-unsaturated/α-hetero) is 1. The van der Waals surface area contributed by atoms with Crippen LogP contribution in [0.4, 0.5) is 0 Å². The Balaban J connectivity index is 1.48. The molecule has 26 heavy (non-hydrogen) atoms. The summed E-state index contributed by atoms with van der Waals surface area (Å²) < 4.78 is 5.98. The molecular weight excluding hydrogens is 322 g/mol. The van der Waals surface area contributed by atoms with Gasteiger partial charge in [-0.05, 0) is 30.2 Å². The molecule has 0 aromatic heterocycles. The Morgan fingerprint density at radius 3 is 2.23 bits per heavy atom. The molecule has 3 rings (SSSR count). The van der Waals surface area contributed by atoms with Gasteiger partial charge in [-0.25, -0.2) is 0 Å². The average molecular weight is 345 g/mol. The molecule has 0 bridgehead atoms. The van der Waals surface area contributed by atoms with Crippen LogP contribution in [-0.2, 0) is 13.0 Å². The van der Waals surface area contributed by atoms with Crippen molar-refractivity contribution in [3.8, 4) is 5.75 Å². The van der Waals surface area contributed by atoms with E-state index in [4.69, 9.17) is 4.74 Å². The number of carbonyl (C=O) groups excluding carboxylic acids is 1. The number of hydrogen-bond donors (Lipinski definition) is 1. The molecule has 0 aliphatic carbocycles. The number of para-hydroxylation sites is 1. The zero-order valence-electron chi connectivity index (χ0n) is 14.7. The van der Waals surface area contributed by atoms with Crippen molar-refractivity contribution in [2.75, 3.05) is 13.1 Å². The maximum absolute atomic E-state index is 12.1. The van der Waals surface area contributed by atoms with Crippen LogP contribution >= 0.6 is 0 Å². The lowest BCUT2D eigenvalue weighted by atomic mass is 10.1. The van der Waals surface area contributed by atoms with Crippen LogP contribution in [0.15, 0.2) is 84.9 Å². The van der Waals surface area contributed by atoms with Crippen LogP contribution in [-0.4, -0.2) is 18.9 Å². The van der Waals surface area contributed by atoms with Crippen molar-refractivity contribution in [1.82, 2.24) is 5.32 Å². The second-order valence-electron chi connectivity index (χ2n) is 6.10. The minimum atomic E-state index is 0.110. The number of benzene rings is 3. The van der Waals surface area contributed by atoms with Gasteiger partial charge in [-0.3, -0.25) is 4.79 Å².